The zero-order valence-corrected chi connectivity index (χ0v) is 15.4. The van der Waals surface area contributed by atoms with Gasteiger partial charge in [-0.2, -0.15) is 5.10 Å². The van der Waals surface area contributed by atoms with Crippen LogP contribution in [0.4, 0.5) is 0 Å². The average molecular weight is 382 g/mol. The van der Waals surface area contributed by atoms with E-state index in [-0.39, 0.29) is 12.5 Å². The molecule has 0 fully saturated rings. The third kappa shape index (κ3) is 4.61. The highest BCUT2D eigenvalue weighted by Crippen LogP contribution is 2.19. The molecular weight excluding hydrogens is 362 g/mol. The molecular formula is C16H20BrN3OS. The maximum absolute atomic E-state index is 11.9. The Morgan fingerprint density at radius 3 is 2.55 bits per heavy atom. The molecule has 0 aliphatic rings. The Hall–Kier alpha value is -1.27. The molecule has 1 amide bonds. The van der Waals surface area contributed by atoms with E-state index in [1.165, 1.54) is 10.5 Å². The lowest BCUT2D eigenvalue weighted by molar-refractivity contribution is -0.121. The molecule has 1 aromatic heterocycles. The number of benzene rings is 1. The summed E-state index contributed by atoms with van der Waals surface area (Å²) in [6.45, 7) is 6.85. The standard InChI is InChI=1S/C16H20BrN3OS/c1-11-4-6-14(7-5-11)22-9-8-18-15(21)10-20-13(3)16(17)12(2)19-20/h4-7H,8-10H2,1-3H3,(H,18,21). The minimum Gasteiger partial charge on any atom is -0.354 e. The Morgan fingerprint density at radius 1 is 1.27 bits per heavy atom. The van der Waals surface area contributed by atoms with Gasteiger partial charge in [0.2, 0.25) is 5.91 Å². The number of halogens is 1. The molecule has 0 aliphatic heterocycles. The number of aryl methyl sites for hydroxylation is 2. The number of carbonyl (C=O) groups excluding carboxylic acids is 1. The fourth-order valence-corrected chi connectivity index (χ4v) is 3.07. The maximum atomic E-state index is 11.9. The molecule has 1 aromatic carbocycles. The van der Waals surface area contributed by atoms with Crippen molar-refractivity contribution in [1.29, 1.82) is 0 Å². The summed E-state index contributed by atoms with van der Waals surface area (Å²) in [6, 6.07) is 8.41. The summed E-state index contributed by atoms with van der Waals surface area (Å²) in [7, 11) is 0. The van der Waals surface area contributed by atoms with E-state index in [0.717, 1.165) is 21.6 Å². The molecule has 0 atom stereocenters. The fourth-order valence-electron chi connectivity index (χ4n) is 2.01. The normalized spacial score (nSPS) is 10.7. The van der Waals surface area contributed by atoms with Crippen LogP contribution < -0.4 is 5.32 Å². The predicted molar refractivity (Wildman–Crippen MR) is 94.3 cm³/mol. The lowest BCUT2D eigenvalue weighted by Crippen LogP contribution is -2.30. The Morgan fingerprint density at radius 2 is 1.95 bits per heavy atom. The van der Waals surface area contributed by atoms with E-state index in [9.17, 15) is 4.79 Å². The maximum Gasteiger partial charge on any atom is 0.241 e. The number of hydrogen-bond donors (Lipinski definition) is 1. The van der Waals surface area contributed by atoms with Gasteiger partial charge in [-0.3, -0.25) is 9.48 Å². The molecule has 1 heterocycles. The van der Waals surface area contributed by atoms with Gasteiger partial charge in [0, 0.05) is 17.2 Å². The second-order valence-corrected chi connectivity index (χ2v) is 7.12. The largest absolute Gasteiger partial charge is 0.354 e. The Balaban J connectivity index is 1.74. The van der Waals surface area contributed by atoms with Gasteiger partial charge in [0.25, 0.3) is 0 Å². The lowest BCUT2D eigenvalue weighted by Gasteiger charge is -2.07. The number of hydrogen-bond acceptors (Lipinski definition) is 3. The number of aromatic nitrogens is 2. The van der Waals surface area contributed by atoms with E-state index < -0.39 is 0 Å². The van der Waals surface area contributed by atoms with Crippen LogP contribution in [0.1, 0.15) is 17.0 Å². The summed E-state index contributed by atoms with van der Waals surface area (Å²) in [6.07, 6.45) is 0. The zero-order valence-electron chi connectivity index (χ0n) is 13.0. The molecule has 22 heavy (non-hydrogen) atoms. The second-order valence-electron chi connectivity index (χ2n) is 5.15. The van der Waals surface area contributed by atoms with Crippen LogP contribution in [-0.2, 0) is 11.3 Å². The molecule has 2 aromatic rings. The van der Waals surface area contributed by atoms with E-state index in [0.29, 0.717) is 6.54 Å². The van der Waals surface area contributed by atoms with Gasteiger partial charge in [-0.25, -0.2) is 0 Å². The first kappa shape index (κ1) is 17.1. The van der Waals surface area contributed by atoms with Crippen LogP contribution in [0.15, 0.2) is 33.6 Å². The smallest absolute Gasteiger partial charge is 0.241 e. The van der Waals surface area contributed by atoms with Crippen LogP contribution in [0.5, 0.6) is 0 Å². The van der Waals surface area contributed by atoms with Crippen molar-refractivity contribution in [3.63, 3.8) is 0 Å². The molecule has 0 saturated heterocycles. The van der Waals surface area contributed by atoms with Crippen molar-refractivity contribution in [1.82, 2.24) is 15.1 Å². The van der Waals surface area contributed by atoms with E-state index >= 15 is 0 Å². The van der Waals surface area contributed by atoms with Crippen molar-refractivity contribution < 1.29 is 4.79 Å². The van der Waals surface area contributed by atoms with Crippen molar-refractivity contribution in [2.75, 3.05) is 12.3 Å². The van der Waals surface area contributed by atoms with Gasteiger partial charge in [-0.1, -0.05) is 17.7 Å². The molecule has 6 heteroatoms. The first-order chi connectivity index (χ1) is 10.5. The van der Waals surface area contributed by atoms with E-state index in [4.69, 9.17) is 0 Å². The zero-order chi connectivity index (χ0) is 16.1. The van der Waals surface area contributed by atoms with Crippen LogP contribution in [0.25, 0.3) is 0 Å². The van der Waals surface area contributed by atoms with E-state index in [1.807, 2.05) is 13.8 Å². The Labute approximate surface area is 143 Å². The SMILES string of the molecule is Cc1ccc(SCCNC(=O)Cn2nc(C)c(Br)c2C)cc1. The highest BCUT2D eigenvalue weighted by Gasteiger charge is 2.11. The molecule has 0 saturated carbocycles. The molecule has 0 bridgehead atoms. The Bertz CT molecular complexity index is 652. The monoisotopic (exact) mass is 381 g/mol. The molecule has 0 unspecified atom stereocenters. The third-order valence-electron chi connectivity index (χ3n) is 3.30. The van der Waals surface area contributed by atoms with Crippen molar-refractivity contribution in [2.45, 2.75) is 32.2 Å². The van der Waals surface area contributed by atoms with Gasteiger partial charge in [-0.15, -0.1) is 11.8 Å². The summed E-state index contributed by atoms with van der Waals surface area (Å²) >= 11 is 5.21. The van der Waals surface area contributed by atoms with Gasteiger partial charge >= 0.3 is 0 Å². The van der Waals surface area contributed by atoms with Crippen LogP contribution >= 0.6 is 27.7 Å². The summed E-state index contributed by atoms with van der Waals surface area (Å²) in [5.74, 6) is 0.845. The molecule has 0 aliphatic carbocycles. The summed E-state index contributed by atoms with van der Waals surface area (Å²) in [5, 5.41) is 7.27. The third-order valence-corrected chi connectivity index (χ3v) is 5.46. The van der Waals surface area contributed by atoms with Crippen molar-refractivity contribution in [3.8, 4) is 0 Å². The van der Waals surface area contributed by atoms with Crippen molar-refractivity contribution >= 4 is 33.6 Å². The average Bonchev–Trinajstić information content (AvgIpc) is 2.73. The summed E-state index contributed by atoms with van der Waals surface area (Å²) < 4.78 is 2.69. The van der Waals surface area contributed by atoms with Crippen molar-refractivity contribution in [2.24, 2.45) is 0 Å². The molecule has 1 N–H and O–H groups in total. The first-order valence-electron chi connectivity index (χ1n) is 7.13. The fraction of sp³-hybridized carbons (Fsp3) is 0.375. The number of amides is 1. The topological polar surface area (TPSA) is 46.9 Å². The summed E-state index contributed by atoms with van der Waals surface area (Å²) in [5.41, 5.74) is 3.13. The van der Waals surface area contributed by atoms with Gasteiger partial charge in [0.05, 0.1) is 15.9 Å². The molecule has 0 radical (unpaired) electrons. The Kier molecular flexibility index (Phi) is 6.08. The van der Waals surface area contributed by atoms with E-state index in [1.54, 1.807) is 16.4 Å². The van der Waals surface area contributed by atoms with Crippen LogP contribution in [0, 0.1) is 20.8 Å². The van der Waals surface area contributed by atoms with Gasteiger partial charge in [0.1, 0.15) is 6.54 Å². The van der Waals surface area contributed by atoms with Crippen LogP contribution in [0.2, 0.25) is 0 Å². The number of carbonyl (C=O) groups is 1. The van der Waals surface area contributed by atoms with Gasteiger partial charge in [0.15, 0.2) is 0 Å². The van der Waals surface area contributed by atoms with Crippen molar-refractivity contribution in [3.05, 3.63) is 45.7 Å². The molecule has 0 spiro atoms. The number of rotatable bonds is 6. The number of nitrogens with zero attached hydrogens (tertiary/aromatic N) is 2. The molecule has 4 nitrogen and oxygen atoms in total. The minimum atomic E-state index is -0.0115. The highest BCUT2D eigenvalue weighted by molar-refractivity contribution is 9.10. The quantitative estimate of drug-likeness (QED) is 0.615. The molecule has 118 valence electrons. The van der Waals surface area contributed by atoms with E-state index in [2.05, 4.69) is 57.5 Å². The summed E-state index contributed by atoms with van der Waals surface area (Å²) in [4.78, 5) is 13.2. The first-order valence-corrected chi connectivity index (χ1v) is 8.91. The number of nitrogens with one attached hydrogen (secondary N) is 1. The predicted octanol–water partition coefficient (Wildman–Crippen LogP) is 3.48. The minimum absolute atomic E-state index is 0.0115. The second kappa shape index (κ2) is 7.83. The number of thioether (sulfide) groups is 1. The van der Waals surface area contributed by atoms with Gasteiger partial charge < -0.3 is 5.32 Å². The lowest BCUT2D eigenvalue weighted by atomic mass is 10.2. The van der Waals surface area contributed by atoms with Crippen LogP contribution in [0.3, 0.4) is 0 Å². The molecule has 2 rings (SSSR count). The van der Waals surface area contributed by atoms with Crippen LogP contribution in [-0.4, -0.2) is 28.0 Å². The highest BCUT2D eigenvalue weighted by atomic mass is 79.9. The van der Waals surface area contributed by atoms with Gasteiger partial charge in [-0.05, 0) is 48.8 Å².